The Morgan fingerprint density at radius 1 is 0.508 bits per heavy atom. The van der Waals surface area contributed by atoms with Gasteiger partial charge in [0.2, 0.25) is 0 Å². The summed E-state index contributed by atoms with van der Waals surface area (Å²) in [5.74, 6) is 0. The Kier molecular flexibility index (Phi) is 8.71. The monoisotopic (exact) mass is 775 g/mol. The fourth-order valence-corrected chi connectivity index (χ4v) is 11.0. The van der Waals surface area contributed by atoms with Gasteiger partial charge in [-0.2, -0.15) is 0 Å². The Morgan fingerprint density at radius 2 is 1.17 bits per heavy atom. The van der Waals surface area contributed by atoms with Crippen molar-refractivity contribution in [2.45, 2.75) is 44.9 Å². The molecule has 0 unspecified atom stereocenters. The highest BCUT2D eigenvalue weighted by atomic mass is 32.1. The standard InChI is InChI=1S/C57H45NS/c1-57(2)52-19-8-6-16-49(52)51-37-44(30-35-53(51)57)41-24-22-39(23-25-41)40-26-31-45(32-27-40)58(47-15-10-14-43(36-47)38-12-4-3-5-13-38)46-33-28-42(29-34-46)48-18-11-21-55-56(48)50-17-7-9-20-54(50)59-55/h3-7,9-18,20-28,30-33,35-37H,8,19,29,34H2,1-2H3. The van der Waals surface area contributed by atoms with Crippen LogP contribution in [0.15, 0.2) is 199 Å². The Labute approximate surface area is 351 Å². The second-order valence-corrected chi connectivity index (χ2v) is 17.8. The second kappa shape index (κ2) is 14.4. The molecule has 7 aromatic carbocycles. The Balaban J connectivity index is 0.925. The molecule has 0 spiro atoms. The topological polar surface area (TPSA) is 3.24 Å². The number of nitrogens with zero attached hydrogens (tertiary/aromatic N) is 1. The van der Waals surface area contributed by atoms with Gasteiger partial charge in [0.05, 0.1) is 0 Å². The molecule has 11 rings (SSSR count). The quantitative estimate of drug-likeness (QED) is 0.156. The molecule has 3 aliphatic carbocycles. The minimum absolute atomic E-state index is 0.104. The van der Waals surface area contributed by atoms with E-state index in [9.17, 15) is 0 Å². The molecule has 8 aromatic rings. The lowest BCUT2D eigenvalue weighted by molar-refractivity contribution is 0.607. The van der Waals surface area contributed by atoms with E-state index < -0.39 is 0 Å². The molecule has 59 heavy (non-hydrogen) atoms. The van der Waals surface area contributed by atoms with Gasteiger partial charge in [-0.3, -0.25) is 0 Å². The van der Waals surface area contributed by atoms with Gasteiger partial charge in [-0.05, 0) is 135 Å². The van der Waals surface area contributed by atoms with Crippen LogP contribution in [0.2, 0.25) is 0 Å². The summed E-state index contributed by atoms with van der Waals surface area (Å²) < 4.78 is 2.71. The van der Waals surface area contributed by atoms with Gasteiger partial charge in [-0.15, -0.1) is 11.3 Å². The number of anilines is 2. The molecule has 2 heteroatoms. The highest BCUT2D eigenvalue weighted by Crippen LogP contribution is 2.51. The van der Waals surface area contributed by atoms with Gasteiger partial charge in [0.25, 0.3) is 0 Å². The number of hydrogen-bond donors (Lipinski definition) is 0. The number of thiophene rings is 1. The first-order valence-electron chi connectivity index (χ1n) is 21.0. The van der Waals surface area contributed by atoms with Crippen LogP contribution in [-0.4, -0.2) is 0 Å². The molecule has 0 N–H and O–H groups in total. The molecular formula is C57H45NS. The van der Waals surface area contributed by atoms with Crippen LogP contribution in [0.1, 0.15) is 56.2 Å². The van der Waals surface area contributed by atoms with E-state index in [1.807, 2.05) is 11.3 Å². The first-order chi connectivity index (χ1) is 29.0. The van der Waals surface area contributed by atoms with Crippen molar-refractivity contribution < 1.29 is 0 Å². The van der Waals surface area contributed by atoms with E-state index >= 15 is 0 Å². The zero-order chi connectivity index (χ0) is 39.5. The summed E-state index contributed by atoms with van der Waals surface area (Å²) in [7, 11) is 0. The summed E-state index contributed by atoms with van der Waals surface area (Å²) in [6, 6.07) is 60.7. The zero-order valence-electron chi connectivity index (χ0n) is 33.6. The van der Waals surface area contributed by atoms with Crippen LogP contribution < -0.4 is 4.90 Å². The van der Waals surface area contributed by atoms with Crippen LogP contribution >= 0.6 is 11.3 Å². The summed E-state index contributed by atoms with van der Waals surface area (Å²) in [4.78, 5) is 2.46. The van der Waals surface area contributed by atoms with Crippen molar-refractivity contribution in [3.05, 3.63) is 216 Å². The number of fused-ring (bicyclic) bond motifs is 5. The van der Waals surface area contributed by atoms with Crippen molar-refractivity contribution in [1.29, 1.82) is 0 Å². The maximum Gasteiger partial charge on any atom is 0.0464 e. The van der Waals surface area contributed by atoms with Gasteiger partial charge in [0.15, 0.2) is 0 Å². The van der Waals surface area contributed by atoms with Crippen molar-refractivity contribution in [2.75, 3.05) is 4.90 Å². The average molecular weight is 776 g/mol. The summed E-state index contributed by atoms with van der Waals surface area (Å²) in [5.41, 5.74) is 19.8. The van der Waals surface area contributed by atoms with Crippen molar-refractivity contribution in [3.8, 4) is 33.4 Å². The van der Waals surface area contributed by atoms with Gasteiger partial charge < -0.3 is 4.90 Å². The van der Waals surface area contributed by atoms with Crippen LogP contribution in [-0.2, 0) is 5.41 Å². The largest absolute Gasteiger partial charge is 0.314 e. The maximum atomic E-state index is 2.46. The molecule has 1 nitrogen and oxygen atoms in total. The van der Waals surface area contributed by atoms with Crippen LogP contribution in [0.25, 0.3) is 64.7 Å². The minimum Gasteiger partial charge on any atom is -0.314 e. The molecule has 0 amide bonds. The summed E-state index contributed by atoms with van der Waals surface area (Å²) >= 11 is 1.89. The van der Waals surface area contributed by atoms with Crippen LogP contribution in [0.3, 0.4) is 0 Å². The molecule has 0 bridgehead atoms. The van der Waals surface area contributed by atoms with Gasteiger partial charge in [0, 0.05) is 42.7 Å². The van der Waals surface area contributed by atoms with Gasteiger partial charge in [-0.25, -0.2) is 0 Å². The van der Waals surface area contributed by atoms with E-state index in [2.05, 4.69) is 207 Å². The fourth-order valence-electron chi connectivity index (χ4n) is 9.89. The molecule has 3 aliphatic rings. The van der Waals surface area contributed by atoms with Gasteiger partial charge in [0.1, 0.15) is 0 Å². The van der Waals surface area contributed by atoms with Crippen LogP contribution in [0.5, 0.6) is 0 Å². The lowest BCUT2D eigenvalue weighted by atomic mass is 9.78. The first-order valence-corrected chi connectivity index (χ1v) is 21.8. The van der Waals surface area contributed by atoms with Crippen molar-refractivity contribution in [1.82, 2.24) is 0 Å². The lowest BCUT2D eigenvalue weighted by Gasteiger charge is -2.30. The van der Waals surface area contributed by atoms with E-state index in [1.54, 1.807) is 5.57 Å². The van der Waals surface area contributed by atoms with E-state index in [0.29, 0.717) is 0 Å². The summed E-state index contributed by atoms with van der Waals surface area (Å²) in [5, 5.41) is 2.74. The van der Waals surface area contributed by atoms with Crippen molar-refractivity contribution in [2.24, 2.45) is 0 Å². The molecule has 1 heterocycles. The average Bonchev–Trinajstić information content (AvgIpc) is 3.79. The Bertz CT molecular complexity index is 3040. The highest BCUT2D eigenvalue weighted by Gasteiger charge is 2.37. The van der Waals surface area contributed by atoms with E-state index in [-0.39, 0.29) is 5.41 Å². The number of allylic oxidation sites excluding steroid dienone is 8. The van der Waals surface area contributed by atoms with Crippen molar-refractivity contribution >= 4 is 54.0 Å². The summed E-state index contributed by atoms with van der Waals surface area (Å²) in [6.45, 7) is 4.78. The molecule has 1 aromatic heterocycles. The number of hydrogen-bond acceptors (Lipinski definition) is 2. The predicted octanol–water partition coefficient (Wildman–Crippen LogP) is 16.3. The Hall–Kier alpha value is -6.48. The van der Waals surface area contributed by atoms with Gasteiger partial charge in [-0.1, -0.05) is 159 Å². The number of benzene rings is 7. The summed E-state index contributed by atoms with van der Waals surface area (Å²) in [6.07, 6.45) is 13.7. The Morgan fingerprint density at radius 3 is 1.97 bits per heavy atom. The molecule has 0 saturated heterocycles. The highest BCUT2D eigenvalue weighted by molar-refractivity contribution is 7.25. The SMILES string of the molecule is CC1(C)C2=C(C=CCC2)c2cc(-c3ccc(-c4ccc(N(C5=CC=C(c6cccc7sc8ccccc8c67)CC5)c5cccc(-c6ccccc6)c5)cc4)cc3)ccc21. The van der Waals surface area contributed by atoms with E-state index in [1.165, 1.54) is 92.8 Å². The van der Waals surface area contributed by atoms with Gasteiger partial charge >= 0.3 is 0 Å². The van der Waals surface area contributed by atoms with Crippen LogP contribution in [0, 0.1) is 0 Å². The van der Waals surface area contributed by atoms with Crippen molar-refractivity contribution in [3.63, 3.8) is 0 Å². The first kappa shape index (κ1) is 35.7. The third-order valence-electron chi connectivity index (χ3n) is 13.0. The fraction of sp³-hybridized carbons (Fsp3) is 0.123. The molecule has 0 saturated carbocycles. The molecule has 0 atom stereocenters. The van der Waals surface area contributed by atoms with Crippen LogP contribution in [0.4, 0.5) is 11.4 Å². The molecule has 0 radical (unpaired) electrons. The van der Waals surface area contributed by atoms with E-state index in [4.69, 9.17) is 0 Å². The molecule has 0 fully saturated rings. The third-order valence-corrected chi connectivity index (χ3v) is 14.1. The molecule has 0 aliphatic heterocycles. The predicted molar refractivity (Wildman–Crippen MR) is 254 cm³/mol. The zero-order valence-corrected chi connectivity index (χ0v) is 34.4. The molecular weight excluding hydrogens is 731 g/mol. The minimum atomic E-state index is 0.104. The number of rotatable bonds is 7. The smallest absolute Gasteiger partial charge is 0.0464 e. The normalized spacial score (nSPS) is 15.6. The maximum absolute atomic E-state index is 2.46. The lowest BCUT2D eigenvalue weighted by Crippen LogP contribution is -2.18. The second-order valence-electron chi connectivity index (χ2n) is 16.7. The van der Waals surface area contributed by atoms with E-state index in [0.717, 1.165) is 31.4 Å². The molecule has 284 valence electrons. The third kappa shape index (κ3) is 6.22.